The van der Waals surface area contributed by atoms with Crippen molar-refractivity contribution < 1.29 is 22.7 Å². The first-order valence-corrected chi connectivity index (χ1v) is 12.0. The largest absolute Gasteiger partial charge is 0.495 e. The molecule has 0 bridgehead atoms. The van der Waals surface area contributed by atoms with Crippen molar-refractivity contribution in [3.63, 3.8) is 0 Å². The summed E-state index contributed by atoms with van der Waals surface area (Å²) in [5.74, 6) is 0.620. The Labute approximate surface area is 189 Å². The zero-order chi connectivity index (χ0) is 22.6. The van der Waals surface area contributed by atoms with E-state index in [0.29, 0.717) is 37.8 Å². The average molecular weight is 482 g/mol. The average Bonchev–Trinajstić information content (AvgIpc) is 3.07. The smallest absolute Gasteiger partial charge is 0.267 e. The molecule has 2 aromatic carbocycles. The summed E-state index contributed by atoms with van der Waals surface area (Å²) in [7, 11) is -2.09. The van der Waals surface area contributed by atoms with E-state index in [1.165, 1.54) is 24.5 Å². The number of aromatic nitrogens is 1. The second kappa shape index (κ2) is 9.54. The number of rotatable bonds is 8. The third-order valence-corrected chi connectivity index (χ3v) is 5.95. The topological polar surface area (TPSA) is 107 Å². The Balaban J connectivity index is 1.72. The van der Waals surface area contributed by atoms with E-state index in [1.807, 2.05) is 0 Å². The minimum atomic E-state index is -3.51. The highest BCUT2D eigenvalue weighted by Gasteiger charge is 2.17. The quantitative estimate of drug-likeness (QED) is 0.496. The number of sulfonamides is 1. The maximum atomic E-state index is 12.7. The molecular weight excluding hydrogens is 462 g/mol. The molecular formula is C20H20ClN3O5S2. The number of ether oxygens (including phenoxy) is 2. The van der Waals surface area contributed by atoms with E-state index in [1.54, 1.807) is 43.3 Å². The van der Waals surface area contributed by atoms with Gasteiger partial charge in [0, 0.05) is 10.7 Å². The lowest BCUT2D eigenvalue weighted by Gasteiger charge is -2.12. The van der Waals surface area contributed by atoms with Crippen molar-refractivity contribution in [1.82, 2.24) is 4.98 Å². The number of nitrogens with one attached hydrogen (secondary N) is 2. The first kappa shape index (κ1) is 22.9. The van der Waals surface area contributed by atoms with Crippen molar-refractivity contribution in [2.45, 2.75) is 13.5 Å². The summed E-state index contributed by atoms with van der Waals surface area (Å²) in [5, 5.41) is 4.02. The summed E-state index contributed by atoms with van der Waals surface area (Å²) in [6.45, 7) is 1.95. The number of aryl methyl sites for hydroxylation is 1. The number of nitrogens with zero attached hydrogens (tertiary/aromatic N) is 1. The van der Waals surface area contributed by atoms with Crippen molar-refractivity contribution in [3.05, 3.63) is 63.1 Å². The van der Waals surface area contributed by atoms with Crippen LogP contribution in [0.1, 0.15) is 20.4 Å². The standard InChI is InChI=1S/C20H20ClN3O5S2/c1-12-19(30-18(22-12)11-29-15-7-4-13(21)5-8-15)20(25)23-14-6-9-17(28-2)16(10-14)24-31(3,26)27/h4-10,24H,11H2,1-3H3,(H,23,25). The van der Waals surface area contributed by atoms with E-state index in [0.717, 1.165) is 6.26 Å². The van der Waals surface area contributed by atoms with Crippen LogP contribution in [0.5, 0.6) is 11.5 Å². The SMILES string of the molecule is COc1ccc(NC(=O)c2sc(COc3ccc(Cl)cc3)nc2C)cc1NS(C)(=O)=O. The minimum absolute atomic E-state index is 0.214. The number of benzene rings is 2. The minimum Gasteiger partial charge on any atom is -0.495 e. The molecule has 0 aliphatic carbocycles. The molecule has 0 unspecified atom stereocenters. The summed E-state index contributed by atoms with van der Waals surface area (Å²) in [4.78, 5) is 17.6. The number of hydrogen-bond donors (Lipinski definition) is 2. The Hall–Kier alpha value is -2.82. The van der Waals surface area contributed by atoms with E-state index in [-0.39, 0.29) is 18.2 Å². The Bertz CT molecular complexity index is 1190. The summed E-state index contributed by atoms with van der Waals surface area (Å²) >= 11 is 7.08. The Morgan fingerprint density at radius 2 is 1.90 bits per heavy atom. The molecule has 8 nitrogen and oxygen atoms in total. The van der Waals surface area contributed by atoms with Crippen LogP contribution in [0.3, 0.4) is 0 Å². The third kappa shape index (κ3) is 6.33. The van der Waals surface area contributed by atoms with Crippen LogP contribution in [0, 0.1) is 6.92 Å². The van der Waals surface area contributed by atoms with Gasteiger partial charge in [-0.15, -0.1) is 11.3 Å². The first-order chi connectivity index (χ1) is 14.6. The summed E-state index contributed by atoms with van der Waals surface area (Å²) in [6.07, 6.45) is 1.03. The molecule has 31 heavy (non-hydrogen) atoms. The lowest BCUT2D eigenvalue weighted by Crippen LogP contribution is -2.13. The number of anilines is 2. The molecule has 0 radical (unpaired) electrons. The molecule has 1 amide bonds. The van der Waals surface area contributed by atoms with Gasteiger partial charge in [-0.2, -0.15) is 0 Å². The van der Waals surface area contributed by atoms with Gasteiger partial charge in [0.15, 0.2) is 0 Å². The number of methoxy groups -OCH3 is 1. The van der Waals surface area contributed by atoms with Gasteiger partial charge in [0.2, 0.25) is 10.0 Å². The van der Waals surface area contributed by atoms with Crippen LogP contribution in [0.2, 0.25) is 5.02 Å². The third-order valence-electron chi connectivity index (χ3n) is 3.98. The molecule has 0 fully saturated rings. The van der Waals surface area contributed by atoms with Crippen LogP contribution < -0.4 is 19.5 Å². The maximum absolute atomic E-state index is 12.7. The van der Waals surface area contributed by atoms with Gasteiger partial charge in [-0.25, -0.2) is 13.4 Å². The van der Waals surface area contributed by atoms with Gasteiger partial charge >= 0.3 is 0 Å². The fraction of sp³-hybridized carbons (Fsp3) is 0.200. The molecule has 1 aromatic heterocycles. The lowest BCUT2D eigenvalue weighted by atomic mass is 10.2. The molecule has 0 aliphatic heterocycles. The molecule has 11 heteroatoms. The zero-order valence-corrected chi connectivity index (χ0v) is 19.3. The van der Waals surface area contributed by atoms with E-state index in [9.17, 15) is 13.2 Å². The van der Waals surface area contributed by atoms with Crippen LogP contribution >= 0.6 is 22.9 Å². The number of carbonyl (C=O) groups is 1. The van der Waals surface area contributed by atoms with Gasteiger partial charge in [-0.1, -0.05) is 11.6 Å². The molecule has 0 saturated carbocycles. The van der Waals surface area contributed by atoms with Crippen molar-refractivity contribution in [3.8, 4) is 11.5 Å². The molecule has 3 rings (SSSR count). The molecule has 0 aliphatic rings. The van der Waals surface area contributed by atoms with E-state index >= 15 is 0 Å². The molecule has 0 atom stereocenters. The molecule has 1 heterocycles. The van der Waals surface area contributed by atoms with E-state index in [2.05, 4.69) is 15.0 Å². The van der Waals surface area contributed by atoms with Crippen LogP contribution in [-0.2, 0) is 16.6 Å². The van der Waals surface area contributed by atoms with Crippen molar-refractivity contribution in [2.75, 3.05) is 23.4 Å². The summed E-state index contributed by atoms with van der Waals surface area (Å²) < 4.78 is 36.4. The van der Waals surface area contributed by atoms with Gasteiger partial charge in [-0.05, 0) is 49.4 Å². The molecule has 0 saturated heterocycles. The monoisotopic (exact) mass is 481 g/mol. The summed E-state index contributed by atoms with van der Waals surface area (Å²) in [5.41, 5.74) is 1.20. The maximum Gasteiger partial charge on any atom is 0.267 e. The first-order valence-electron chi connectivity index (χ1n) is 8.96. The predicted octanol–water partition coefficient (Wildman–Crippen LogP) is 4.32. The molecule has 164 valence electrons. The van der Waals surface area contributed by atoms with E-state index in [4.69, 9.17) is 21.1 Å². The Morgan fingerprint density at radius 1 is 1.19 bits per heavy atom. The van der Waals surface area contributed by atoms with Crippen molar-refractivity contribution in [2.24, 2.45) is 0 Å². The highest BCUT2D eigenvalue weighted by Crippen LogP contribution is 2.29. The second-order valence-corrected chi connectivity index (χ2v) is 9.78. The fourth-order valence-electron chi connectivity index (χ4n) is 2.65. The number of carbonyl (C=O) groups excluding carboxylic acids is 1. The highest BCUT2D eigenvalue weighted by molar-refractivity contribution is 7.92. The normalized spacial score (nSPS) is 11.1. The van der Waals surface area contributed by atoms with E-state index < -0.39 is 10.0 Å². The van der Waals surface area contributed by atoms with Crippen LogP contribution in [0.4, 0.5) is 11.4 Å². The number of thiazole rings is 1. The highest BCUT2D eigenvalue weighted by atomic mass is 35.5. The Morgan fingerprint density at radius 3 is 2.55 bits per heavy atom. The predicted molar refractivity (Wildman–Crippen MR) is 122 cm³/mol. The lowest BCUT2D eigenvalue weighted by molar-refractivity contribution is 0.103. The van der Waals surface area contributed by atoms with Crippen LogP contribution in [0.25, 0.3) is 0 Å². The number of hydrogen-bond acceptors (Lipinski definition) is 7. The van der Waals surface area contributed by atoms with Crippen LogP contribution in [0.15, 0.2) is 42.5 Å². The fourth-order valence-corrected chi connectivity index (χ4v) is 4.21. The van der Waals surface area contributed by atoms with Crippen molar-refractivity contribution >= 4 is 50.2 Å². The molecule has 0 spiro atoms. The van der Waals surface area contributed by atoms with Crippen LogP contribution in [-0.4, -0.2) is 32.7 Å². The van der Waals surface area contributed by atoms with Gasteiger partial charge in [-0.3, -0.25) is 9.52 Å². The van der Waals surface area contributed by atoms with Gasteiger partial charge in [0.25, 0.3) is 5.91 Å². The summed E-state index contributed by atoms with van der Waals surface area (Å²) in [6, 6.07) is 11.6. The van der Waals surface area contributed by atoms with Gasteiger partial charge < -0.3 is 14.8 Å². The second-order valence-electron chi connectivity index (χ2n) is 6.51. The number of halogens is 1. The van der Waals surface area contributed by atoms with Gasteiger partial charge in [0.1, 0.15) is 28.0 Å². The zero-order valence-electron chi connectivity index (χ0n) is 16.9. The van der Waals surface area contributed by atoms with Crippen molar-refractivity contribution in [1.29, 1.82) is 0 Å². The number of amides is 1. The Kier molecular flexibility index (Phi) is 7.04. The molecule has 2 N–H and O–H groups in total. The molecule has 3 aromatic rings. The van der Waals surface area contributed by atoms with Gasteiger partial charge in [0.05, 0.1) is 24.7 Å².